The zero-order valence-corrected chi connectivity index (χ0v) is 12.1. The van der Waals surface area contributed by atoms with E-state index in [1.165, 1.54) is 19.3 Å². The van der Waals surface area contributed by atoms with Gasteiger partial charge in [0.1, 0.15) is 0 Å². The van der Waals surface area contributed by atoms with Gasteiger partial charge in [0.25, 0.3) is 0 Å². The van der Waals surface area contributed by atoms with Gasteiger partial charge >= 0.3 is 0 Å². The van der Waals surface area contributed by atoms with Gasteiger partial charge in [0.05, 0.1) is 6.10 Å². The number of aliphatic hydroxyl groups is 1. The maximum atomic E-state index is 12.2. The van der Waals surface area contributed by atoms with Crippen molar-refractivity contribution in [3.63, 3.8) is 0 Å². The van der Waals surface area contributed by atoms with Crippen LogP contribution in [0.5, 0.6) is 0 Å². The van der Waals surface area contributed by atoms with E-state index in [0.29, 0.717) is 5.56 Å². The molecule has 2 heteroatoms. The fourth-order valence-corrected chi connectivity index (χ4v) is 2.25. The van der Waals surface area contributed by atoms with Gasteiger partial charge in [0, 0.05) is 11.5 Å². The highest BCUT2D eigenvalue weighted by Gasteiger charge is 2.22. The third-order valence-electron chi connectivity index (χ3n) is 3.65. The number of unbranched alkanes of at least 4 members (excludes halogenated alkanes) is 4. The van der Waals surface area contributed by atoms with E-state index in [1.54, 1.807) is 0 Å². The first-order valence-corrected chi connectivity index (χ1v) is 7.44. The molecule has 0 aliphatic heterocycles. The summed E-state index contributed by atoms with van der Waals surface area (Å²) in [5, 5.41) is 10.1. The fourth-order valence-electron chi connectivity index (χ4n) is 2.25. The molecule has 1 rings (SSSR count). The molecule has 0 aliphatic carbocycles. The molecule has 1 N–H and O–H groups in total. The summed E-state index contributed by atoms with van der Waals surface area (Å²) in [6.07, 6.45) is 6.08. The Balaban J connectivity index is 2.35. The Hall–Kier alpha value is -1.15. The van der Waals surface area contributed by atoms with Crippen LogP contribution in [-0.2, 0) is 0 Å². The van der Waals surface area contributed by atoms with E-state index < -0.39 is 6.10 Å². The summed E-state index contributed by atoms with van der Waals surface area (Å²) in [5.41, 5.74) is 0.694. The Morgan fingerprint density at radius 2 is 1.74 bits per heavy atom. The van der Waals surface area contributed by atoms with Crippen LogP contribution in [0.1, 0.15) is 62.7 Å². The van der Waals surface area contributed by atoms with E-state index in [0.717, 1.165) is 19.3 Å². The maximum absolute atomic E-state index is 12.2. The molecule has 1 aromatic carbocycles. The number of Topliss-reactive ketones (excluding diaryl/α,β-unsaturated/α-hetero) is 1. The molecule has 0 unspecified atom stereocenters. The lowest BCUT2D eigenvalue weighted by molar-refractivity contribution is 0.0683. The van der Waals surface area contributed by atoms with E-state index >= 15 is 0 Å². The minimum atomic E-state index is -0.519. The smallest absolute Gasteiger partial charge is 0.168 e. The van der Waals surface area contributed by atoms with E-state index in [1.807, 2.05) is 37.3 Å². The van der Waals surface area contributed by atoms with Gasteiger partial charge in [-0.1, -0.05) is 76.3 Å². The number of aliphatic hydroxyl groups excluding tert-OH is 1. The molecule has 0 heterocycles. The minimum absolute atomic E-state index is 0.0432. The van der Waals surface area contributed by atoms with Gasteiger partial charge in [0.2, 0.25) is 0 Å². The first kappa shape index (κ1) is 15.9. The Morgan fingerprint density at radius 3 is 2.37 bits per heavy atom. The molecule has 0 spiro atoms. The number of rotatable bonds is 9. The fraction of sp³-hybridized carbons (Fsp3) is 0.588. The second-order valence-electron chi connectivity index (χ2n) is 5.29. The monoisotopic (exact) mass is 262 g/mol. The van der Waals surface area contributed by atoms with E-state index in [4.69, 9.17) is 0 Å². The Labute approximate surface area is 116 Å². The van der Waals surface area contributed by atoms with Crippen molar-refractivity contribution in [1.82, 2.24) is 0 Å². The molecule has 0 bridgehead atoms. The number of ketones is 1. The van der Waals surface area contributed by atoms with Gasteiger partial charge in [-0.2, -0.15) is 0 Å². The number of benzene rings is 1. The molecule has 0 amide bonds. The third kappa shape index (κ3) is 5.56. The van der Waals surface area contributed by atoms with Crippen molar-refractivity contribution >= 4 is 5.78 Å². The molecular weight excluding hydrogens is 236 g/mol. The standard InChI is InChI=1S/C17H26O2/c1-3-4-5-6-10-13-16(18)14(2)17(19)15-11-8-7-9-12-15/h7-9,11-12,14,16,18H,3-6,10,13H2,1-2H3/t14-,16+/m0/s1. The zero-order valence-electron chi connectivity index (χ0n) is 12.1. The van der Waals surface area contributed by atoms with Crippen molar-refractivity contribution in [1.29, 1.82) is 0 Å². The summed E-state index contributed by atoms with van der Waals surface area (Å²) in [5.74, 6) is -0.268. The topological polar surface area (TPSA) is 37.3 Å². The normalized spacial score (nSPS) is 14.1. The van der Waals surface area contributed by atoms with Crippen LogP contribution in [0.25, 0.3) is 0 Å². The quantitative estimate of drug-likeness (QED) is 0.534. The van der Waals surface area contributed by atoms with E-state index in [9.17, 15) is 9.90 Å². The van der Waals surface area contributed by atoms with Crippen molar-refractivity contribution in [2.75, 3.05) is 0 Å². The van der Waals surface area contributed by atoms with Gasteiger partial charge in [-0.25, -0.2) is 0 Å². The van der Waals surface area contributed by atoms with Crippen molar-refractivity contribution in [2.45, 2.75) is 58.5 Å². The molecule has 2 nitrogen and oxygen atoms in total. The number of hydrogen-bond acceptors (Lipinski definition) is 2. The molecule has 1 aromatic rings. The van der Waals surface area contributed by atoms with Crippen LogP contribution in [0.2, 0.25) is 0 Å². The predicted molar refractivity (Wildman–Crippen MR) is 79.3 cm³/mol. The molecule has 19 heavy (non-hydrogen) atoms. The van der Waals surface area contributed by atoms with Crippen molar-refractivity contribution < 1.29 is 9.90 Å². The van der Waals surface area contributed by atoms with Crippen molar-refractivity contribution in [3.05, 3.63) is 35.9 Å². The summed E-state index contributed by atoms with van der Waals surface area (Å²) in [6, 6.07) is 9.24. The lowest BCUT2D eigenvalue weighted by Gasteiger charge is -2.17. The number of carbonyl (C=O) groups is 1. The van der Waals surface area contributed by atoms with Crippen molar-refractivity contribution in [2.24, 2.45) is 5.92 Å². The van der Waals surface area contributed by atoms with Crippen LogP contribution in [0.4, 0.5) is 0 Å². The predicted octanol–water partition coefficient (Wildman–Crippen LogP) is 4.23. The average Bonchev–Trinajstić information content (AvgIpc) is 2.46. The highest BCUT2D eigenvalue weighted by Crippen LogP contribution is 2.17. The number of hydrogen-bond donors (Lipinski definition) is 1. The Kier molecular flexibility index (Phi) is 7.42. The van der Waals surface area contributed by atoms with Gasteiger partial charge in [-0.3, -0.25) is 4.79 Å². The van der Waals surface area contributed by atoms with Crippen molar-refractivity contribution in [3.8, 4) is 0 Å². The molecule has 0 saturated carbocycles. The molecule has 106 valence electrons. The molecular formula is C17H26O2. The summed E-state index contributed by atoms with van der Waals surface area (Å²) in [4.78, 5) is 12.2. The van der Waals surface area contributed by atoms with Crippen LogP contribution < -0.4 is 0 Å². The largest absolute Gasteiger partial charge is 0.392 e. The Bertz CT molecular complexity index is 359. The second kappa shape index (κ2) is 8.87. The zero-order chi connectivity index (χ0) is 14.1. The highest BCUT2D eigenvalue weighted by molar-refractivity contribution is 5.97. The SMILES string of the molecule is CCCCCCC[C@@H](O)[C@H](C)C(=O)c1ccccc1. The molecule has 0 aliphatic rings. The number of carbonyl (C=O) groups excluding carboxylic acids is 1. The van der Waals surface area contributed by atoms with E-state index in [2.05, 4.69) is 6.92 Å². The first-order valence-electron chi connectivity index (χ1n) is 7.44. The van der Waals surface area contributed by atoms with Gasteiger partial charge in [0.15, 0.2) is 5.78 Å². The second-order valence-corrected chi connectivity index (χ2v) is 5.29. The van der Waals surface area contributed by atoms with Crippen LogP contribution in [0.15, 0.2) is 30.3 Å². The summed E-state index contributed by atoms with van der Waals surface area (Å²) < 4.78 is 0. The molecule has 0 radical (unpaired) electrons. The first-order chi connectivity index (χ1) is 9.16. The Morgan fingerprint density at radius 1 is 1.11 bits per heavy atom. The lowest BCUT2D eigenvalue weighted by Crippen LogP contribution is -2.25. The molecule has 0 aromatic heterocycles. The minimum Gasteiger partial charge on any atom is -0.392 e. The summed E-state index contributed by atoms with van der Waals surface area (Å²) in [7, 11) is 0. The lowest BCUT2D eigenvalue weighted by atomic mass is 9.91. The van der Waals surface area contributed by atoms with Crippen LogP contribution >= 0.6 is 0 Å². The van der Waals surface area contributed by atoms with Crippen LogP contribution in [0.3, 0.4) is 0 Å². The molecule has 0 saturated heterocycles. The van der Waals surface area contributed by atoms with E-state index in [-0.39, 0.29) is 11.7 Å². The average molecular weight is 262 g/mol. The van der Waals surface area contributed by atoms with Gasteiger partial charge in [-0.15, -0.1) is 0 Å². The maximum Gasteiger partial charge on any atom is 0.168 e. The van der Waals surface area contributed by atoms with Crippen LogP contribution in [-0.4, -0.2) is 17.0 Å². The van der Waals surface area contributed by atoms with Gasteiger partial charge in [-0.05, 0) is 6.42 Å². The summed E-state index contributed by atoms with van der Waals surface area (Å²) in [6.45, 7) is 4.02. The molecule has 2 atom stereocenters. The summed E-state index contributed by atoms with van der Waals surface area (Å²) >= 11 is 0. The van der Waals surface area contributed by atoms with Crippen LogP contribution in [0, 0.1) is 5.92 Å². The van der Waals surface area contributed by atoms with Gasteiger partial charge < -0.3 is 5.11 Å². The highest BCUT2D eigenvalue weighted by atomic mass is 16.3. The molecule has 0 fully saturated rings. The third-order valence-corrected chi connectivity index (χ3v) is 3.65.